The largest absolute Gasteiger partial charge is 0.493 e. The molecule has 26 heavy (non-hydrogen) atoms. The van der Waals surface area contributed by atoms with Crippen LogP contribution in [-0.2, 0) is 4.79 Å². The number of hydrogen-bond donors (Lipinski definition) is 0. The van der Waals surface area contributed by atoms with Gasteiger partial charge in [-0.3, -0.25) is 19.7 Å². The molecule has 2 rings (SSSR count). The van der Waals surface area contributed by atoms with Gasteiger partial charge >= 0.3 is 0 Å². The second-order valence-corrected chi connectivity index (χ2v) is 6.70. The molecular weight excluding hydrogens is 336 g/mol. The lowest BCUT2D eigenvalue weighted by Crippen LogP contribution is -2.38. The molecule has 142 valence electrons. The molecule has 0 spiro atoms. The number of carbonyl (C=O) groups is 2. The molecule has 0 radical (unpaired) electrons. The van der Waals surface area contributed by atoms with Crippen LogP contribution < -0.4 is 4.74 Å². The van der Waals surface area contributed by atoms with Crippen molar-refractivity contribution in [2.45, 2.75) is 57.4 Å². The van der Waals surface area contributed by atoms with Gasteiger partial charge in [-0.05, 0) is 37.8 Å². The van der Waals surface area contributed by atoms with Crippen molar-refractivity contribution in [1.29, 1.82) is 0 Å². The van der Waals surface area contributed by atoms with Crippen LogP contribution in [0, 0.1) is 10.1 Å². The van der Waals surface area contributed by atoms with Gasteiger partial charge in [0, 0.05) is 19.5 Å². The first-order chi connectivity index (χ1) is 12.5. The van der Waals surface area contributed by atoms with E-state index in [1.165, 1.54) is 31.4 Å². The van der Waals surface area contributed by atoms with Crippen molar-refractivity contribution in [3.05, 3.63) is 33.9 Å². The van der Waals surface area contributed by atoms with Gasteiger partial charge in [0.15, 0.2) is 6.29 Å². The van der Waals surface area contributed by atoms with E-state index in [1.807, 2.05) is 11.9 Å². The number of benzene rings is 1. The van der Waals surface area contributed by atoms with Crippen molar-refractivity contribution in [3.8, 4) is 5.75 Å². The molecule has 7 nitrogen and oxygen atoms in total. The van der Waals surface area contributed by atoms with Gasteiger partial charge in [-0.15, -0.1) is 0 Å². The Labute approximate surface area is 153 Å². The molecule has 7 heteroatoms. The third kappa shape index (κ3) is 5.54. The van der Waals surface area contributed by atoms with Crippen molar-refractivity contribution >= 4 is 17.9 Å². The highest BCUT2D eigenvalue weighted by Gasteiger charge is 2.21. The maximum Gasteiger partial charge on any atom is 0.283 e. The van der Waals surface area contributed by atoms with E-state index in [0.717, 1.165) is 12.8 Å². The number of hydrogen-bond acceptors (Lipinski definition) is 5. The minimum absolute atomic E-state index is 0.0266. The Bertz CT molecular complexity index is 641. The molecule has 1 amide bonds. The third-order valence-electron chi connectivity index (χ3n) is 4.90. The van der Waals surface area contributed by atoms with Gasteiger partial charge in [0.25, 0.3) is 5.69 Å². The van der Waals surface area contributed by atoms with Gasteiger partial charge < -0.3 is 9.64 Å². The minimum atomic E-state index is -0.601. The van der Waals surface area contributed by atoms with E-state index in [1.54, 1.807) is 6.07 Å². The second-order valence-electron chi connectivity index (χ2n) is 6.70. The summed E-state index contributed by atoms with van der Waals surface area (Å²) in [5.41, 5.74) is -0.236. The predicted octanol–water partition coefficient (Wildman–Crippen LogP) is 3.75. The highest BCUT2D eigenvalue weighted by molar-refractivity contribution is 5.81. The monoisotopic (exact) mass is 362 g/mol. The molecule has 0 aromatic heterocycles. The van der Waals surface area contributed by atoms with Crippen LogP contribution in [-0.4, -0.2) is 41.7 Å². The normalized spacial score (nSPS) is 14.7. The summed E-state index contributed by atoms with van der Waals surface area (Å²) in [6.07, 6.45) is 8.20. The topological polar surface area (TPSA) is 89.8 Å². The molecule has 1 saturated carbocycles. The molecule has 0 aliphatic heterocycles. The van der Waals surface area contributed by atoms with Gasteiger partial charge in [0.2, 0.25) is 5.91 Å². The van der Waals surface area contributed by atoms with Crippen LogP contribution in [0.1, 0.15) is 61.7 Å². The maximum absolute atomic E-state index is 12.2. The zero-order valence-electron chi connectivity index (χ0n) is 15.2. The molecule has 1 aromatic rings. The number of nitrogens with zero attached hydrogens (tertiary/aromatic N) is 2. The lowest BCUT2D eigenvalue weighted by atomic mass is 9.94. The van der Waals surface area contributed by atoms with Crippen molar-refractivity contribution in [2.24, 2.45) is 0 Å². The smallest absolute Gasteiger partial charge is 0.283 e. The average Bonchev–Trinajstić information content (AvgIpc) is 2.67. The second kappa shape index (κ2) is 9.89. The summed E-state index contributed by atoms with van der Waals surface area (Å²) in [4.78, 5) is 35.3. The fourth-order valence-corrected chi connectivity index (χ4v) is 3.29. The first-order valence-electron chi connectivity index (χ1n) is 9.15. The molecule has 1 aromatic carbocycles. The van der Waals surface area contributed by atoms with Crippen LogP contribution in [0.25, 0.3) is 0 Å². The Hall–Kier alpha value is -2.44. The lowest BCUT2D eigenvalue weighted by molar-refractivity contribution is -0.385. The van der Waals surface area contributed by atoms with Gasteiger partial charge in [-0.2, -0.15) is 0 Å². The van der Waals surface area contributed by atoms with Crippen LogP contribution in [0.2, 0.25) is 0 Å². The highest BCUT2D eigenvalue weighted by atomic mass is 16.6. The average molecular weight is 362 g/mol. The lowest BCUT2D eigenvalue weighted by Gasteiger charge is -2.31. The van der Waals surface area contributed by atoms with Crippen LogP contribution in [0.5, 0.6) is 5.75 Å². The van der Waals surface area contributed by atoms with Crippen molar-refractivity contribution in [1.82, 2.24) is 4.90 Å². The molecule has 0 unspecified atom stereocenters. The number of nitro groups is 1. The molecule has 0 saturated heterocycles. The molecule has 1 aliphatic carbocycles. The highest BCUT2D eigenvalue weighted by Crippen LogP contribution is 2.24. The van der Waals surface area contributed by atoms with E-state index < -0.39 is 4.92 Å². The Morgan fingerprint density at radius 3 is 2.69 bits per heavy atom. The Morgan fingerprint density at radius 1 is 1.31 bits per heavy atom. The standard InChI is InChI=1S/C19H26N2O5/c1-20(16-7-3-2-4-8-16)19(23)9-5-6-12-26-17-11-10-15(14-22)18(13-17)21(24)25/h10-11,13-14,16H,2-9,12H2,1H3. The molecule has 0 N–H and O–H groups in total. The van der Waals surface area contributed by atoms with E-state index in [0.29, 0.717) is 43.9 Å². The number of rotatable bonds is 9. The summed E-state index contributed by atoms with van der Waals surface area (Å²) in [7, 11) is 1.89. The van der Waals surface area contributed by atoms with Crippen molar-refractivity contribution in [2.75, 3.05) is 13.7 Å². The first kappa shape index (κ1) is 19.9. The number of nitro benzene ring substituents is 1. The zero-order chi connectivity index (χ0) is 18.9. The molecular formula is C19H26N2O5. The summed E-state index contributed by atoms with van der Waals surface area (Å²) in [5.74, 6) is 0.524. The van der Waals surface area contributed by atoms with Gasteiger partial charge in [-0.25, -0.2) is 0 Å². The molecule has 0 bridgehead atoms. The van der Waals surface area contributed by atoms with Crippen molar-refractivity contribution in [3.63, 3.8) is 0 Å². The van der Waals surface area contributed by atoms with Crippen molar-refractivity contribution < 1.29 is 19.2 Å². The summed E-state index contributed by atoms with van der Waals surface area (Å²) >= 11 is 0. The van der Waals surface area contributed by atoms with Crippen LogP contribution in [0.3, 0.4) is 0 Å². The predicted molar refractivity (Wildman–Crippen MR) is 97.5 cm³/mol. The fraction of sp³-hybridized carbons (Fsp3) is 0.579. The van der Waals surface area contributed by atoms with E-state index in [2.05, 4.69) is 0 Å². The third-order valence-corrected chi connectivity index (χ3v) is 4.90. The van der Waals surface area contributed by atoms with Crippen LogP contribution >= 0.6 is 0 Å². The number of aldehydes is 1. The Kier molecular flexibility index (Phi) is 7.56. The SMILES string of the molecule is CN(C(=O)CCCCOc1ccc(C=O)c([N+](=O)[O-])c1)C1CCCCC1. The number of amides is 1. The van der Waals surface area contributed by atoms with E-state index >= 15 is 0 Å². The molecule has 1 aliphatic rings. The van der Waals surface area contributed by atoms with Gasteiger partial charge in [0.1, 0.15) is 5.75 Å². The van der Waals surface area contributed by atoms with Gasteiger partial charge in [-0.1, -0.05) is 19.3 Å². The first-order valence-corrected chi connectivity index (χ1v) is 9.15. The molecule has 0 atom stereocenters. The maximum atomic E-state index is 12.2. The van der Waals surface area contributed by atoms with Gasteiger partial charge in [0.05, 0.1) is 23.2 Å². The quantitative estimate of drug-likeness (QED) is 0.289. The fourth-order valence-electron chi connectivity index (χ4n) is 3.29. The summed E-state index contributed by atoms with van der Waals surface area (Å²) in [6, 6.07) is 4.55. The summed E-state index contributed by atoms with van der Waals surface area (Å²) < 4.78 is 5.51. The number of ether oxygens (including phenoxy) is 1. The van der Waals surface area contributed by atoms with E-state index in [9.17, 15) is 19.7 Å². The summed E-state index contributed by atoms with van der Waals surface area (Å²) in [6.45, 7) is 0.373. The van der Waals surface area contributed by atoms with E-state index in [4.69, 9.17) is 4.74 Å². The number of carbonyl (C=O) groups excluding carboxylic acids is 2. The molecule has 0 heterocycles. The molecule has 1 fully saturated rings. The van der Waals surface area contributed by atoms with Crippen LogP contribution in [0.4, 0.5) is 5.69 Å². The Balaban J connectivity index is 1.71. The Morgan fingerprint density at radius 2 is 2.04 bits per heavy atom. The minimum Gasteiger partial charge on any atom is -0.493 e. The zero-order valence-corrected chi connectivity index (χ0v) is 15.2. The van der Waals surface area contributed by atoms with Crippen LogP contribution in [0.15, 0.2) is 18.2 Å². The van der Waals surface area contributed by atoms with E-state index in [-0.39, 0.29) is 17.2 Å². The summed E-state index contributed by atoms with van der Waals surface area (Å²) in [5, 5.41) is 10.9. The number of unbranched alkanes of at least 4 members (excludes halogenated alkanes) is 1.